The summed E-state index contributed by atoms with van der Waals surface area (Å²) in [6, 6.07) is 0. The Morgan fingerprint density at radius 3 is 1.44 bits per heavy atom. The summed E-state index contributed by atoms with van der Waals surface area (Å²) in [5, 5.41) is 31.0. The van der Waals surface area contributed by atoms with Crippen molar-refractivity contribution in [3.05, 3.63) is 60.8 Å². The lowest BCUT2D eigenvalue weighted by Crippen LogP contribution is -2.60. The van der Waals surface area contributed by atoms with Crippen LogP contribution < -0.4 is 0 Å². The second kappa shape index (κ2) is 42.5. The van der Waals surface area contributed by atoms with Crippen molar-refractivity contribution in [2.45, 2.75) is 243 Å². The van der Waals surface area contributed by atoms with E-state index in [0.717, 1.165) is 83.5 Å². The first-order valence-electron chi connectivity index (χ1n) is 25.8. The van der Waals surface area contributed by atoms with Gasteiger partial charge in [-0.2, -0.15) is 8.42 Å². The molecule has 0 aromatic rings. The Hall–Kier alpha value is -2.65. The fraction of sp³-hybridized carbons (Fsp3) is 0.774. The van der Waals surface area contributed by atoms with Gasteiger partial charge in [-0.15, -0.1) is 0 Å². The maximum Gasteiger partial charge on any atom is 0.306 e. The Balaban J connectivity index is 2.38. The van der Waals surface area contributed by atoms with E-state index < -0.39 is 71.2 Å². The normalized spacial score (nSPS) is 19.9. The lowest BCUT2D eigenvalue weighted by Gasteiger charge is -2.40. The van der Waals surface area contributed by atoms with Crippen LogP contribution in [0.3, 0.4) is 0 Å². The van der Waals surface area contributed by atoms with Gasteiger partial charge in [-0.05, 0) is 77.0 Å². The predicted octanol–water partition coefficient (Wildman–Crippen LogP) is 11.7. The molecule has 1 aliphatic heterocycles. The molecule has 0 bridgehead atoms. The Bertz CT molecular complexity index is 1440. The second-order valence-corrected chi connectivity index (χ2v) is 19.3. The quantitative estimate of drug-likeness (QED) is 0.0196. The number of esters is 2. The zero-order chi connectivity index (χ0) is 48.4. The third-order valence-corrected chi connectivity index (χ3v) is 12.3. The number of hydrogen-bond donors (Lipinski definition) is 4. The summed E-state index contributed by atoms with van der Waals surface area (Å²) in [7, 11) is -4.61. The van der Waals surface area contributed by atoms with E-state index in [9.17, 15) is 37.9 Å². The fourth-order valence-corrected chi connectivity index (χ4v) is 8.30. The molecule has 0 aromatic carbocycles. The third kappa shape index (κ3) is 36.4. The highest BCUT2D eigenvalue weighted by Crippen LogP contribution is 2.24. The van der Waals surface area contributed by atoms with Gasteiger partial charge in [-0.3, -0.25) is 14.1 Å². The van der Waals surface area contributed by atoms with Crippen molar-refractivity contribution in [2.75, 3.05) is 19.0 Å². The minimum atomic E-state index is -4.61. The summed E-state index contributed by atoms with van der Waals surface area (Å²) >= 11 is 0. The molecule has 13 heteroatoms. The predicted molar refractivity (Wildman–Crippen MR) is 265 cm³/mol. The zero-order valence-corrected chi connectivity index (χ0v) is 41.9. The lowest BCUT2D eigenvalue weighted by molar-refractivity contribution is -0.297. The standard InChI is InChI=1S/C53H92O12S/c1-3-5-7-9-11-13-15-17-19-21-22-23-24-26-28-30-32-34-36-38-40-42-49(55)64-46(44-63-53-52(58)51(57)50(56)47(65-53)45-66(59,60)61)43-62-48(54)41-39-37-35-33-31-29-27-25-20-18-16-14-12-10-8-6-4-2/h5,7,11,13,17-20,22-23,46-47,50-53,56-58H,3-4,6,8-10,12,14-16,21,24-45H2,1-2H3,(H,59,60,61)/b7-5-,13-11-,19-17-,20-18-,23-22-. The van der Waals surface area contributed by atoms with Crippen molar-refractivity contribution in [1.29, 1.82) is 0 Å². The van der Waals surface area contributed by atoms with Crippen LogP contribution in [0, 0.1) is 0 Å². The summed E-state index contributed by atoms with van der Waals surface area (Å²) in [5.41, 5.74) is 0. The molecule has 4 N–H and O–H groups in total. The van der Waals surface area contributed by atoms with Gasteiger partial charge in [0.05, 0.1) is 6.61 Å². The minimum absolute atomic E-state index is 0.152. The number of hydrogen-bond acceptors (Lipinski definition) is 11. The largest absolute Gasteiger partial charge is 0.462 e. The molecule has 382 valence electrons. The van der Waals surface area contributed by atoms with Crippen molar-refractivity contribution in [2.24, 2.45) is 0 Å². The van der Waals surface area contributed by atoms with E-state index in [-0.39, 0.29) is 19.4 Å². The van der Waals surface area contributed by atoms with Crippen LogP contribution in [-0.4, -0.2) is 96.0 Å². The van der Waals surface area contributed by atoms with Gasteiger partial charge in [0.2, 0.25) is 0 Å². The molecule has 6 unspecified atom stereocenters. The van der Waals surface area contributed by atoms with Crippen LogP contribution in [0.5, 0.6) is 0 Å². The maximum atomic E-state index is 12.9. The summed E-state index contributed by atoms with van der Waals surface area (Å²) in [4.78, 5) is 25.5. The van der Waals surface area contributed by atoms with Crippen molar-refractivity contribution in [3.8, 4) is 0 Å². The van der Waals surface area contributed by atoms with Crippen molar-refractivity contribution in [1.82, 2.24) is 0 Å². The van der Waals surface area contributed by atoms with Crippen LogP contribution in [-0.2, 0) is 38.7 Å². The summed E-state index contributed by atoms with van der Waals surface area (Å²) < 4.78 is 54.3. The average molecular weight is 953 g/mol. The van der Waals surface area contributed by atoms with Crippen molar-refractivity contribution < 1.29 is 56.8 Å². The van der Waals surface area contributed by atoms with Gasteiger partial charge >= 0.3 is 11.9 Å². The Morgan fingerprint density at radius 1 is 0.530 bits per heavy atom. The highest BCUT2D eigenvalue weighted by molar-refractivity contribution is 7.85. The molecule has 1 rings (SSSR count). The molecule has 1 aliphatic rings. The summed E-state index contributed by atoms with van der Waals surface area (Å²) in [5.74, 6) is -2.00. The Labute approximate surface area is 400 Å². The van der Waals surface area contributed by atoms with Crippen molar-refractivity contribution >= 4 is 22.1 Å². The molecule has 0 amide bonds. The Morgan fingerprint density at radius 2 is 0.955 bits per heavy atom. The van der Waals surface area contributed by atoms with E-state index in [1.54, 1.807) is 0 Å². The number of carbonyl (C=O) groups excluding carboxylic acids is 2. The summed E-state index contributed by atoms with van der Waals surface area (Å²) in [6.07, 6.45) is 43.9. The molecule has 1 fully saturated rings. The Kier molecular flexibility index (Phi) is 39.5. The smallest absolute Gasteiger partial charge is 0.306 e. The molecule has 0 saturated carbocycles. The number of unbranched alkanes of at least 4 members (excludes halogenated alkanes) is 21. The number of allylic oxidation sites excluding steroid dienone is 10. The van der Waals surface area contributed by atoms with Crippen LogP contribution in [0.2, 0.25) is 0 Å². The number of ether oxygens (including phenoxy) is 4. The van der Waals surface area contributed by atoms with Gasteiger partial charge in [0.1, 0.15) is 36.8 Å². The fourth-order valence-electron chi connectivity index (χ4n) is 7.60. The molecule has 0 radical (unpaired) electrons. The molecule has 1 saturated heterocycles. The maximum absolute atomic E-state index is 12.9. The van der Waals surface area contributed by atoms with Gasteiger partial charge < -0.3 is 34.3 Å². The van der Waals surface area contributed by atoms with Crippen LogP contribution in [0.15, 0.2) is 60.8 Å². The summed E-state index contributed by atoms with van der Waals surface area (Å²) in [6.45, 7) is 3.65. The molecule has 0 aliphatic carbocycles. The molecule has 1 heterocycles. The van der Waals surface area contributed by atoms with Gasteiger partial charge in [0.15, 0.2) is 12.4 Å². The van der Waals surface area contributed by atoms with Crippen molar-refractivity contribution in [3.63, 3.8) is 0 Å². The number of aliphatic hydroxyl groups excluding tert-OH is 3. The topological polar surface area (TPSA) is 186 Å². The third-order valence-electron chi connectivity index (χ3n) is 11.6. The molecular formula is C53H92O12S. The van der Waals surface area contributed by atoms with E-state index >= 15 is 0 Å². The van der Waals surface area contributed by atoms with E-state index in [1.165, 1.54) is 83.5 Å². The monoisotopic (exact) mass is 953 g/mol. The van der Waals surface area contributed by atoms with Gasteiger partial charge in [-0.25, -0.2) is 0 Å². The highest BCUT2D eigenvalue weighted by atomic mass is 32.2. The SMILES string of the molecule is CC/C=C\C/C=C\C/C=C\C/C=C\CCCCCCCCCCC(=O)OC(COC(=O)CCCCCCCCC/C=C\CCCCCCCC)COC1OC(CS(=O)(=O)O)C(O)C(O)C1O. The van der Waals surface area contributed by atoms with Gasteiger partial charge in [-0.1, -0.05) is 177 Å². The molecular weight excluding hydrogens is 861 g/mol. The van der Waals surface area contributed by atoms with Gasteiger partial charge in [0.25, 0.3) is 10.1 Å². The van der Waals surface area contributed by atoms with E-state index in [4.69, 9.17) is 18.9 Å². The first kappa shape index (κ1) is 61.4. The van der Waals surface area contributed by atoms with Crippen LogP contribution in [0.4, 0.5) is 0 Å². The zero-order valence-electron chi connectivity index (χ0n) is 41.0. The highest BCUT2D eigenvalue weighted by Gasteiger charge is 2.46. The minimum Gasteiger partial charge on any atom is -0.462 e. The lowest BCUT2D eigenvalue weighted by atomic mass is 10.00. The number of aliphatic hydroxyl groups is 3. The molecule has 0 aromatic heterocycles. The van der Waals surface area contributed by atoms with E-state index in [0.29, 0.717) is 12.8 Å². The molecule has 0 spiro atoms. The van der Waals surface area contributed by atoms with E-state index in [2.05, 4.69) is 74.6 Å². The van der Waals surface area contributed by atoms with E-state index in [1.807, 2.05) is 0 Å². The molecule has 6 atom stereocenters. The number of rotatable bonds is 43. The van der Waals surface area contributed by atoms with Crippen LogP contribution in [0.1, 0.15) is 206 Å². The first-order valence-corrected chi connectivity index (χ1v) is 27.5. The molecule has 66 heavy (non-hydrogen) atoms. The van der Waals surface area contributed by atoms with Gasteiger partial charge in [0, 0.05) is 12.8 Å². The van der Waals surface area contributed by atoms with Crippen LogP contribution in [0.25, 0.3) is 0 Å². The van der Waals surface area contributed by atoms with Crippen LogP contribution >= 0.6 is 0 Å². The first-order chi connectivity index (χ1) is 32.0. The number of carbonyl (C=O) groups is 2. The second-order valence-electron chi connectivity index (χ2n) is 17.8. The average Bonchev–Trinajstić information content (AvgIpc) is 3.28. The molecule has 12 nitrogen and oxygen atoms in total.